The van der Waals surface area contributed by atoms with Crippen molar-refractivity contribution in [3.63, 3.8) is 0 Å². The molecular weight excluding hydrogens is 278 g/mol. The maximum Gasteiger partial charge on any atom is 0.262 e. The number of amides is 1. The minimum Gasteiger partial charge on any atom is -0.496 e. The highest BCUT2D eigenvalue weighted by molar-refractivity contribution is 6.01. The van der Waals surface area contributed by atoms with Gasteiger partial charge in [0.15, 0.2) is 0 Å². The molecule has 0 aliphatic heterocycles. The van der Waals surface area contributed by atoms with Crippen LogP contribution >= 0.6 is 0 Å². The Hall–Kier alpha value is -3.13. The molecule has 0 aliphatic carbocycles. The molecule has 0 fully saturated rings. The van der Waals surface area contributed by atoms with Crippen LogP contribution in [-0.4, -0.2) is 18.0 Å². The highest BCUT2D eigenvalue weighted by Crippen LogP contribution is 2.20. The molecule has 0 bridgehead atoms. The zero-order valence-electron chi connectivity index (χ0n) is 12.1. The Morgan fingerprint density at radius 1 is 1.36 bits per heavy atom. The van der Waals surface area contributed by atoms with Gasteiger partial charge in [-0.25, -0.2) is 0 Å². The molecule has 5 nitrogen and oxygen atoms in total. The Morgan fingerprint density at radius 2 is 2.18 bits per heavy atom. The molecule has 1 heterocycles. The number of carbonyl (C=O) groups excluding carboxylic acids is 1. The molecule has 5 heteroatoms. The zero-order valence-corrected chi connectivity index (χ0v) is 12.1. The predicted molar refractivity (Wildman–Crippen MR) is 82.7 cm³/mol. The van der Waals surface area contributed by atoms with Gasteiger partial charge in [0.1, 0.15) is 17.4 Å². The second kappa shape index (κ2) is 7.60. The van der Waals surface area contributed by atoms with E-state index in [1.165, 1.54) is 6.08 Å². The van der Waals surface area contributed by atoms with E-state index < -0.39 is 5.91 Å². The van der Waals surface area contributed by atoms with Crippen molar-refractivity contribution >= 4 is 12.0 Å². The molecule has 2 rings (SSSR count). The number of pyridine rings is 1. The average molecular weight is 293 g/mol. The summed E-state index contributed by atoms with van der Waals surface area (Å²) in [6.45, 7) is 0.317. The van der Waals surface area contributed by atoms with E-state index in [0.29, 0.717) is 17.9 Å². The maximum absolute atomic E-state index is 12.1. The summed E-state index contributed by atoms with van der Waals surface area (Å²) in [6, 6.07) is 12.8. The normalized spacial score (nSPS) is 10.6. The van der Waals surface area contributed by atoms with E-state index >= 15 is 0 Å². The summed E-state index contributed by atoms with van der Waals surface area (Å²) in [5.74, 6) is 0.174. The monoisotopic (exact) mass is 293 g/mol. The molecule has 0 atom stereocenters. The van der Waals surface area contributed by atoms with E-state index in [4.69, 9.17) is 4.74 Å². The molecule has 0 saturated carbocycles. The minimum absolute atomic E-state index is 0.0217. The van der Waals surface area contributed by atoms with Crippen molar-refractivity contribution < 1.29 is 9.53 Å². The Morgan fingerprint density at radius 3 is 2.86 bits per heavy atom. The quantitative estimate of drug-likeness (QED) is 0.678. The molecule has 0 spiro atoms. The number of carbonyl (C=O) groups is 1. The van der Waals surface area contributed by atoms with Gasteiger partial charge in [0, 0.05) is 24.5 Å². The van der Waals surface area contributed by atoms with E-state index in [2.05, 4.69) is 10.3 Å². The Labute approximate surface area is 128 Å². The topological polar surface area (TPSA) is 75.0 Å². The fraction of sp³-hybridized carbons (Fsp3) is 0.118. The van der Waals surface area contributed by atoms with Crippen molar-refractivity contribution in [2.24, 2.45) is 0 Å². The van der Waals surface area contributed by atoms with Crippen LogP contribution in [0.1, 0.15) is 11.1 Å². The van der Waals surface area contributed by atoms with Crippen molar-refractivity contribution in [1.29, 1.82) is 5.26 Å². The minimum atomic E-state index is -0.433. The number of nitriles is 1. The number of rotatable bonds is 5. The van der Waals surface area contributed by atoms with Crippen LogP contribution in [-0.2, 0) is 11.3 Å². The van der Waals surface area contributed by atoms with Gasteiger partial charge in [-0.2, -0.15) is 5.26 Å². The van der Waals surface area contributed by atoms with Crippen LogP contribution in [0.2, 0.25) is 0 Å². The van der Waals surface area contributed by atoms with Crippen LogP contribution in [0.5, 0.6) is 5.75 Å². The Kier molecular flexibility index (Phi) is 5.27. The zero-order chi connectivity index (χ0) is 15.8. The largest absolute Gasteiger partial charge is 0.496 e. The SMILES string of the molecule is COc1ccccc1/C=C(\C#N)C(=O)NCc1cccnc1. The summed E-state index contributed by atoms with van der Waals surface area (Å²) in [5, 5.41) is 11.9. The number of aromatic nitrogens is 1. The Bertz CT molecular complexity index is 718. The predicted octanol–water partition coefficient (Wildman–Crippen LogP) is 2.31. The van der Waals surface area contributed by atoms with Crippen molar-refractivity contribution in [1.82, 2.24) is 10.3 Å². The third-order valence-electron chi connectivity index (χ3n) is 2.98. The van der Waals surface area contributed by atoms with Gasteiger partial charge in [-0.3, -0.25) is 9.78 Å². The number of methoxy groups -OCH3 is 1. The first kappa shape index (κ1) is 15.3. The maximum atomic E-state index is 12.1. The van der Waals surface area contributed by atoms with Gasteiger partial charge in [-0.05, 0) is 23.8 Å². The molecule has 1 aromatic heterocycles. The number of benzene rings is 1. The lowest BCUT2D eigenvalue weighted by molar-refractivity contribution is -0.117. The van der Waals surface area contributed by atoms with Crippen molar-refractivity contribution in [3.05, 3.63) is 65.5 Å². The summed E-state index contributed by atoms with van der Waals surface area (Å²) in [7, 11) is 1.54. The lowest BCUT2D eigenvalue weighted by Gasteiger charge is -2.06. The van der Waals surface area contributed by atoms with Crippen LogP contribution in [0.4, 0.5) is 0 Å². The van der Waals surface area contributed by atoms with E-state index in [1.807, 2.05) is 24.3 Å². The van der Waals surface area contributed by atoms with Crippen LogP contribution in [0.15, 0.2) is 54.4 Å². The molecule has 1 aromatic carbocycles. The number of ether oxygens (including phenoxy) is 1. The molecule has 0 radical (unpaired) electrons. The summed E-state index contributed by atoms with van der Waals surface area (Å²) in [4.78, 5) is 16.1. The van der Waals surface area contributed by atoms with Gasteiger partial charge in [-0.15, -0.1) is 0 Å². The molecule has 0 aliphatic rings. The van der Waals surface area contributed by atoms with Crippen molar-refractivity contribution in [2.45, 2.75) is 6.54 Å². The summed E-state index contributed by atoms with van der Waals surface area (Å²) in [5.41, 5.74) is 1.57. The average Bonchev–Trinajstić information content (AvgIpc) is 2.58. The number of hydrogen-bond donors (Lipinski definition) is 1. The number of hydrogen-bond acceptors (Lipinski definition) is 4. The smallest absolute Gasteiger partial charge is 0.262 e. The fourth-order valence-corrected chi connectivity index (χ4v) is 1.87. The van der Waals surface area contributed by atoms with Gasteiger partial charge in [0.25, 0.3) is 5.91 Å². The van der Waals surface area contributed by atoms with Crippen LogP contribution in [0, 0.1) is 11.3 Å². The fourth-order valence-electron chi connectivity index (χ4n) is 1.87. The first-order valence-corrected chi connectivity index (χ1v) is 6.66. The third kappa shape index (κ3) is 3.93. The van der Waals surface area contributed by atoms with Gasteiger partial charge in [0.2, 0.25) is 0 Å². The van der Waals surface area contributed by atoms with Crippen LogP contribution in [0.25, 0.3) is 6.08 Å². The molecule has 2 aromatic rings. The molecule has 0 unspecified atom stereocenters. The Balaban J connectivity index is 2.12. The highest BCUT2D eigenvalue weighted by Gasteiger charge is 2.10. The first-order valence-electron chi connectivity index (χ1n) is 6.66. The summed E-state index contributed by atoms with van der Waals surface area (Å²) >= 11 is 0. The van der Waals surface area contributed by atoms with Gasteiger partial charge >= 0.3 is 0 Å². The van der Waals surface area contributed by atoms with E-state index in [9.17, 15) is 10.1 Å². The molecule has 110 valence electrons. The van der Waals surface area contributed by atoms with Crippen LogP contribution < -0.4 is 10.1 Å². The van der Waals surface area contributed by atoms with Crippen molar-refractivity contribution in [2.75, 3.05) is 7.11 Å². The lowest BCUT2D eigenvalue weighted by atomic mass is 10.1. The number of nitrogens with one attached hydrogen (secondary N) is 1. The number of para-hydroxylation sites is 1. The van der Waals surface area contributed by atoms with E-state index in [1.54, 1.807) is 37.7 Å². The number of nitrogens with zero attached hydrogens (tertiary/aromatic N) is 2. The van der Waals surface area contributed by atoms with Gasteiger partial charge in [-0.1, -0.05) is 24.3 Å². The highest BCUT2D eigenvalue weighted by atomic mass is 16.5. The molecular formula is C17H15N3O2. The van der Waals surface area contributed by atoms with Gasteiger partial charge < -0.3 is 10.1 Å². The second-order valence-corrected chi connectivity index (χ2v) is 4.46. The standard InChI is InChI=1S/C17H15N3O2/c1-22-16-7-3-2-6-14(16)9-15(10-18)17(21)20-12-13-5-4-8-19-11-13/h2-9,11H,12H2,1H3,(H,20,21)/b15-9+. The molecule has 1 amide bonds. The lowest BCUT2D eigenvalue weighted by Crippen LogP contribution is -2.24. The summed E-state index contributed by atoms with van der Waals surface area (Å²) < 4.78 is 5.21. The van der Waals surface area contributed by atoms with E-state index in [-0.39, 0.29) is 5.57 Å². The first-order chi connectivity index (χ1) is 10.7. The third-order valence-corrected chi connectivity index (χ3v) is 2.98. The molecule has 1 N–H and O–H groups in total. The summed E-state index contributed by atoms with van der Waals surface area (Å²) in [6.07, 6.45) is 4.83. The van der Waals surface area contributed by atoms with E-state index in [0.717, 1.165) is 5.56 Å². The molecule has 22 heavy (non-hydrogen) atoms. The van der Waals surface area contributed by atoms with Crippen LogP contribution in [0.3, 0.4) is 0 Å². The van der Waals surface area contributed by atoms with Crippen molar-refractivity contribution in [3.8, 4) is 11.8 Å². The second-order valence-electron chi connectivity index (χ2n) is 4.46. The van der Waals surface area contributed by atoms with Gasteiger partial charge in [0.05, 0.1) is 7.11 Å². The molecule has 0 saturated heterocycles.